The van der Waals surface area contributed by atoms with Crippen molar-refractivity contribution >= 4 is 15.7 Å². The Bertz CT molecular complexity index is 328. The molecule has 0 aliphatic carbocycles. The van der Waals surface area contributed by atoms with Crippen LogP contribution in [0.3, 0.4) is 0 Å². The maximum absolute atomic E-state index is 11.2. The van der Waals surface area contributed by atoms with Gasteiger partial charge in [0.15, 0.2) is 9.84 Å². The van der Waals surface area contributed by atoms with E-state index in [1.807, 2.05) is 0 Å². The monoisotopic (exact) mass is 236 g/mol. The minimum absolute atomic E-state index is 0.00944. The molecule has 1 rings (SSSR count). The number of rotatable bonds is 4. The van der Waals surface area contributed by atoms with Crippen molar-refractivity contribution in [3.63, 3.8) is 0 Å². The van der Waals surface area contributed by atoms with Crippen LogP contribution in [0.15, 0.2) is 0 Å². The van der Waals surface area contributed by atoms with Gasteiger partial charge in [0.25, 0.3) is 0 Å². The van der Waals surface area contributed by atoms with Gasteiger partial charge in [-0.2, -0.15) is 0 Å². The van der Waals surface area contributed by atoms with E-state index < -0.39 is 21.8 Å². The molecule has 1 aliphatic heterocycles. The topological polar surface area (TPSA) is 109 Å². The fourth-order valence-electron chi connectivity index (χ4n) is 1.56. The molecule has 0 bridgehead atoms. The van der Waals surface area contributed by atoms with E-state index >= 15 is 0 Å². The predicted molar refractivity (Wildman–Crippen MR) is 54.9 cm³/mol. The van der Waals surface area contributed by atoms with E-state index in [9.17, 15) is 13.2 Å². The van der Waals surface area contributed by atoms with Gasteiger partial charge in [-0.15, -0.1) is 0 Å². The van der Waals surface area contributed by atoms with Crippen LogP contribution in [0.4, 0.5) is 0 Å². The Morgan fingerprint density at radius 3 is 2.80 bits per heavy atom. The largest absolute Gasteiger partial charge is 0.382 e. The second-order valence-corrected chi connectivity index (χ2v) is 6.01. The van der Waals surface area contributed by atoms with Crippen molar-refractivity contribution in [1.82, 2.24) is 5.32 Å². The van der Waals surface area contributed by atoms with Gasteiger partial charge in [0.2, 0.25) is 5.91 Å². The molecule has 1 fully saturated rings. The summed E-state index contributed by atoms with van der Waals surface area (Å²) in [6.45, 7) is 0.00944. The van der Waals surface area contributed by atoms with Gasteiger partial charge >= 0.3 is 0 Å². The van der Waals surface area contributed by atoms with Crippen LogP contribution in [0, 0.1) is 0 Å². The van der Waals surface area contributed by atoms with Crippen molar-refractivity contribution in [3.05, 3.63) is 0 Å². The van der Waals surface area contributed by atoms with Crippen LogP contribution >= 0.6 is 0 Å². The number of nitrogens with two attached hydrogens (primary N) is 1. The lowest BCUT2D eigenvalue weighted by molar-refractivity contribution is -0.125. The molecule has 0 aromatic rings. The van der Waals surface area contributed by atoms with Crippen molar-refractivity contribution in [2.45, 2.75) is 25.0 Å². The number of nitrogens with one attached hydrogen (secondary N) is 1. The number of amides is 1. The van der Waals surface area contributed by atoms with Gasteiger partial charge in [0.05, 0.1) is 11.5 Å². The van der Waals surface area contributed by atoms with E-state index in [0.29, 0.717) is 6.42 Å². The first-order valence-corrected chi connectivity index (χ1v) is 6.64. The van der Waals surface area contributed by atoms with Crippen molar-refractivity contribution in [2.75, 3.05) is 18.1 Å². The summed E-state index contributed by atoms with van der Waals surface area (Å²) in [5, 5.41) is 11.9. The van der Waals surface area contributed by atoms with Gasteiger partial charge < -0.3 is 16.2 Å². The molecule has 2 unspecified atom stereocenters. The molecule has 0 saturated carbocycles. The highest BCUT2D eigenvalue weighted by atomic mass is 32.2. The normalized spacial score (nSPS) is 27.1. The SMILES string of the molecule is NC(=O)C(O)CNC1CCCS(=O)(=O)C1. The minimum Gasteiger partial charge on any atom is -0.382 e. The molecule has 1 saturated heterocycles. The molecule has 15 heavy (non-hydrogen) atoms. The van der Waals surface area contributed by atoms with Crippen molar-refractivity contribution < 1.29 is 18.3 Å². The first kappa shape index (κ1) is 12.4. The summed E-state index contributed by atoms with van der Waals surface area (Å²) < 4.78 is 22.5. The highest BCUT2D eigenvalue weighted by molar-refractivity contribution is 7.91. The molecule has 1 aliphatic rings. The molecule has 7 heteroatoms. The average molecular weight is 236 g/mol. The molecule has 6 nitrogen and oxygen atoms in total. The molecule has 0 aromatic heterocycles. The van der Waals surface area contributed by atoms with Crippen LogP contribution in [0.2, 0.25) is 0 Å². The van der Waals surface area contributed by atoms with Crippen molar-refractivity contribution in [1.29, 1.82) is 0 Å². The quantitative estimate of drug-likeness (QED) is 0.523. The molecule has 88 valence electrons. The third kappa shape index (κ3) is 4.15. The van der Waals surface area contributed by atoms with E-state index in [1.54, 1.807) is 0 Å². The smallest absolute Gasteiger partial charge is 0.247 e. The van der Waals surface area contributed by atoms with Gasteiger partial charge in [-0.05, 0) is 12.8 Å². The molecule has 4 N–H and O–H groups in total. The van der Waals surface area contributed by atoms with E-state index in [4.69, 9.17) is 10.8 Å². The number of carbonyl (C=O) groups is 1. The maximum atomic E-state index is 11.2. The van der Waals surface area contributed by atoms with Gasteiger partial charge in [0, 0.05) is 12.6 Å². The van der Waals surface area contributed by atoms with Crippen molar-refractivity contribution in [3.8, 4) is 0 Å². The average Bonchev–Trinajstić information content (AvgIpc) is 2.12. The third-order valence-corrected chi connectivity index (χ3v) is 4.21. The Kier molecular flexibility index (Phi) is 4.06. The zero-order valence-corrected chi connectivity index (χ0v) is 9.16. The van der Waals surface area contributed by atoms with Crippen LogP contribution in [0.25, 0.3) is 0 Å². The summed E-state index contributed by atoms with van der Waals surface area (Å²) >= 11 is 0. The number of aliphatic hydroxyl groups is 1. The van der Waals surface area contributed by atoms with E-state index in [0.717, 1.165) is 6.42 Å². The Morgan fingerprint density at radius 1 is 1.60 bits per heavy atom. The summed E-state index contributed by atoms with van der Waals surface area (Å²) in [5.74, 6) is -0.511. The summed E-state index contributed by atoms with van der Waals surface area (Å²) in [5.41, 5.74) is 4.86. The molecular formula is C8H16N2O4S. The maximum Gasteiger partial charge on any atom is 0.247 e. The second-order valence-electron chi connectivity index (χ2n) is 3.78. The minimum atomic E-state index is -2.96. The zero-order chi connectivity index (χ0) is 11.5. The van der Waals surface area contributed by atoms with Crippen LogP contribution in [0.5, 0.6) is 0 Å². The first-order valence-electron chi connectivity index (χ1n) is 4.82. The number of hydrogen-bond acceptors (Lipinski definition) is 5. The Hall–Kier alpha value is -0.660. The van der Waals surface area contributed by atoms with E-state index in [-0.39, 0.29) is 24.1 Å². The highest BCUT2D eigenvalue weighted by Crippen LogP contribution is 2.11. The number of hydrogen-bond donors (Lipinski definition) is 3. The lowest BCUT2D eigenvalue weighted by Crippen LogP contribution is -2.46. The number of carbonyl (C=O) groups excluding carboxylic acids is 1. The second kappa shape index (κ2) is 4.91. The standard InChI is InChI=1S/C8H16N2O4S/c9-8(12)7(11)4-10-6-2-1-3-15(13,14)5-6/h6-7,10-11H,1-5H2,(H2,9,12). The predicted octanol–water partition coefficient (Wildman–Crippen LogP) is -2.00. The summed E-state index contributed by atoms with van der Waals surface area (Å²) in [6, 6.07) is -0.183. The van der Waals surface area contributed by atoms with Gasteiger partial charge in [-0.1, -0.05) is 0 Å². The van der Waals surface area contributed by atoms with Gasteiger partial charge in [0.1, 0.15) is 6.10 Å². The molecule has 0 radical (unpaired) electrons. The van der Waals surface area contributed by atoms with E-state index in [1.165, 1.54) is 0 Å². The Labute approximate surface area is 88.8 Å². The number of aliphatic hydroxyl groups excluding tert-OH is 1. The van der Waals surface area contributed by atoms with Crippen LogP contribution in [-0.2, 0) is 14.6 Å². The van der Waals surface area contributed by atoms with Crippen molar-refractivity contribution in [2.24, 2.45) is 5.73 Å². The molecular weight excluding hydrogens is 220 g/mol. The first-order chi connectivity index (χ1) is 6.91. The van der Waals surface area contributed by atoms with Crippen LogP contribution < -0.4 is 11.1 Å². The molecule has 0 aromatic carbocycles. The fraction of sp³-hybridized carbons (Fsp3) is 0.875. The van der Waals surface area contributed by atoms with Gasteiger partial charge in [-0.25, -0.2) is 8.42 Å². The van der Waals surface area contributed by atoms with Gasteiger partial charge in [-0.3, -0.25) is 4.79 Å². The molecule has 1 amide bonds. The molecule has 0 spiro atoms. The molecule has 1 heterocycles. The zero-order valence-electron chi connectivity index (χ0n) is 8.35. The number of sulfone groups is 1. The fourth-order valence-corrected chi connectivity index (χ4v) is 3.23. The third-order valence-electron chi connectivity index (χ3n) is 2.39. The highest BCUT2D eigenvalue weighted by Gasteiger charge is 2.25. The Morgan fingerprint density at radius 2 is 2.27 bits per heavy atom. The number of primary amides is 1. The van der Waals surface area contributed by atoms with Crippen LogP contribution in [-0.4, -0.2) is 49.6 Å². The summed E-state index contributed by atoms with van der Waals surface area (Å²) in [4.78, 5) is 10.5. The van der Waals surface area contributed by atoms with E-state index in [2.05, 4.69) is 5.32 Å². The summed E-state index contributed by atoms with van der Waals surface area (Å²) in [6.07, 6.45) is 0.104. The van der Waals surface area contributed by atoms with Crippen LogP contribution in [0.1, 0.15) is 12.8 Å². The summed E-state index contributed by atoms with van der Waals surface area (Å²) in [7, 11) is -2.96. The lowest BCUT2D eigenvalue weighted by atomic mass is 10.2. The lowest BCUT2D eigenvalue weighted by Gasteiger charge is -2.23. The molecule has 2 atom stereocenters. The Balaban J connectivity index is 2.36.